The Bertz CT molecular complexity index is 471. The second-order valence-corrected chi connectivity index (χ2v) is 4.42. The third-order valence-electron chi connectivity index (χ3n) is 2.62. The van der Waals surface area contributed by atoms with Crippen LogP contribution < -0.4 is 4.74 Å². The van der Waals surface area contributed by atoms with Crippen molar-refractivity contribution < 1.29 is 9.47 Å². The topological polar surface area (TPSA) is 18.5 Å². The first kappa shape index (κ1) is 12.7. The maximum absolute atomic E-state index is 5.57. The van der Waals surface area contributed by atoms with Gasteiger partial charge in [0, 0.05) is 0 Å². The van der Waals surface area contributed by atoms with E-state index < -0.39 is 0 Å². The van der Waals surface area contributed by atoms with E-state index in [1.165, 1.54) is 11.1 Å². The first-order valence-corrected chi connectivity index (χ1v) is 6.07. The van der Waals surface area contributed by atoms with E-state index in [9.17, 15) is 0 Å². The lowest BCUT2D eigenvalue weighted by Gasteiger charge is -2.09. The van der Waals surface area contributed by atoms with Crippen LogP contribution in [-0.4, -0.2) is 6.79 Å². The fraction of sp³-hybridized carbons (Fsp3) is 0.250. The van der Waals surface area contributed by atoms with Gasteiger partial charge in [-0.25, -0.2) is 0 Å². The van der Waals surface area contributed by atoms with Gasteiger partial charge in [-0.15, -0.1) is 0 Å². The molecule has 2 rings (SSSR count). The van der Waals surface area contributed by atoms with Crippen molar-refractivity contribution in [3.8, 4) is 5.75 Å². The molecule has 2 heteroatoms. The van der Waals surface area contributed by atoms with Crippen LogP contribution in [0.5, 0.6) is 5.75 Å². The fourth-order valence-electron chi connectivity index (χ4n) is 1.86. The van der Waals surface area contributed by atoms with Crippen LogP contribution in [-0.2, 0) is 11.3 Å². The van der Waals surface area contributed by atoms with E-state index in [1.54, 1.807) is 0 Å². The maximum Gasteiger partial charge on any atom is 0.189 e. The number of ether oxygens (including phenoxy) is 2. The van der Waals surface area contributed by atoms with Gasteiger partial charge < -0.3 is 9.47 Å². The number of aryl methyl sites for hydroxylation is 2. The van der Waals surface area contributed by atoms with Gasteiger partial charge in [0.1, 0.15) is 5.75 Å². The fourth-order valence-corrected chi connectivity index (χ4v) is 1.86. The SMILES string of the molecule is Cc1cc(C)cc(OCOCc2ccccc2)c1. The number of hydrogen-bond acceptors (Lipinski definition) is 2. The molecular formula is C16H18O2. The largest absolute Gasteiger partial charge is 0.468 e. The van der Waals surface area contributed by atoms with Crippen LogP contribution in [0, 0.1) is 13.8 Å². The maximum atomic E-state index is 5.57. The summed E-state index contributed by atoms with van der Waals surface area (Å²) in [6.45, 7) is 4.97. The molecule has 0 aliphatic rings. The van der Waals surface area contributed by atoms with Crippen molar-refractivity contribution in [3.63, 3.8) is 0 Å². The Morgan fingerprint density at radius 3 is 2.22 bits per heavy atom. The Balaban J connectivity index is 1.78. The zero-order chi connectivity index (χ0) is 12.8. The summed E-state index contributed by atoms with van der Waals surface area (Å²) in [5, 5.41) is 0. The Morgan fingerprint density at radius 1 is 0.889 bits per heavy atom. The third-order valence-corrected chi connectivity index (χ3v) is 2.62. The Labute approximate surface area is 108 Å². The zero-order valence-electron chi connectivity index (χ0n) is 10.8. The molecule has 0 unspecified atom stereocenters. The van der Waals surface area contributed by atoms with Crippen LogP contribution in [0.2, 0.25) is 0 Å². The van der Waals surface area contributed by atoms with E-state index in [0.717, 1.165) is 11.3 Å². The summed E-state index contributed by atoms with van der Waals surface area (Å²) in [7, 11) is 0. The quantitative estimate of drug-likeness (QED) is 0.585. The monoisotopic (exact) mass is 242 g/mol. The number of hydrogen-bond donors (Lipinski definition) is 0. The molecule has 0 N–H and O–H groups in total. The van der Waals surface area contributed by atoms with Crippen LogP contribution in [0.1, 0.15) is 16.7 Å². The van der Waals surface area contributed by atoms with Gasteiger partial charge in [-0.3, -0.25) is 0 Å². The van der Waals surface area contributed by atoms with E-state index in [2.05, 4.69) is 19.9 Å². The van der Waals surface area contributed by atoms with Crippen LogP contribution >= 0.6 is 0 Å². The van der Waals surface area contributed by atoms with Crippen LogP contribution in [0.15, 0.2) is 48.5 Å². The summed E-state index contributed by atoms with van der Waals surface area (Å²) in [6, 6.07) is 16.2. The lowest BCUT2D eigenvalue weighted by atomic mass is 10.1. The van der Waals surface area contributed by atoms with Crippen LogP contribution in [0.4, 0.5) is 0 Å². The minimum Gasteiger partial charge on any atom is -0.468 e. The predicted octanol–water partition coefficient (Wildman–Crippen LogP) is 3.86. The third kappa shape index (κ3) is 3.90. The minimum absolute atomic E-state index is 0.276. The molecule has 2 aromatic rings. The molecule has 0 bridgehead atoms. The Kier molecular flexibility index (Phi) is 4.37. The first-order valence-electron chi connectivity index (χ1n) is 6.07. The molecule has 0 fully saturated rings. The molecule has 94 valence electrons. The average molecular weight is 242 g/mol. The average Bonchev–Trinajstić information content (AvgIpc) is 2.35. The highest BCUT2D eigenvalue weighted by atomic mass is 16.7. The minimum atomic E-state index is 0.276. The summed E-state index contributed by atoms with van der Waals surface area (Å²) in [4.78, 5) is 0. The van der Waals surface area contributed by atoms with Crippen molar-refractivity contribution in [2.75, 3.05) is 6.79 Å². The Morgan fingerprint density at radius 2 is 1.56 bits per heavy atom. The molecule has 2 nitrogen and oxygen atoms in total. The smallest absolute Gasteiger partial charge is 0.189 e. The van der Waals surface area contributed by atoms with E-state index in [1.807, 2.05) is 42.5 Å². The van der Waals surface area contributed by atoms with Gasteiger partial charge in [0.25, 0.3) is 0 Å². The highest BCUT2D eigenvalue weighted by Crippen LogP contribution is 2.16. The Hall–Kier alpha value is -1.80. The summed E-state index contributed by atoms with van der Waals surface area (Å²) in [6.07, 6.45) is 0. The molecule has 0 saturated carbocycles. The predicted molar refractivity (Wildman–Crippen MR) is 72.6 cm³/mol. The summed E-state index contributed by atoms with van der Waals surface area (Å²) in [5.74, 6) is 0.862. The number of benzene rings is 2. The van der Waals surface area contributed by atoms with Gasteiger partial charge >= 0.3 is 0 Å². The van der Waals surface area contributed by atoms with Crippen molar-refractivity contribution in [2.45, 2.75) is 20.5 Å². The van der Waals surface area contributed by atoms with Crippen molar-refractivity contribution in [3.05, 3.63) is 65.2 Å². The van der Waals surface area contributed by atoms with Crippen molar-refractivity contribution in [2.24, 2.45) is 0 Å². The standard InChI is InChI=1S/C16H18O2/c1-13-8-14(2)10-16(9-13)18-12-17-11-15-6-4-3-5-7-15/h3-10H,11-12H2,1-2H3. The molecule has 0 spiro atoms. The van der Waals surface area contributed by atoms with Gasteiger partial charge in [0.05, 0.1) is 6.61 Å². The molecule has 0 saturated heterocycles. The highest BCUT2D eigenvalue weighted by molar-refractivity contribution is 5.32. The van der Waals surface area contributed by atoms with Gasteiger partial charge in [-0.05, 0) is 42.7 Å². The molecule has 0 aromatic heterocycles. The summed E-state index contributed by atoms with van der Waals surface area (Å²) < 4.78 is 11.0. The van der Waals surface area contributed by atoms with E-state index >= 15 is 0 Å². The second kappa shape index (κ2) is 6.22. The van der Waals surface area contributed by atoms with Crippen molar-refractivity contribution in [1.82, 2.24) is 0 Å². The van der Waals surface area contributed by atoms with Gasteiger partial charge in [-0.1, -0.05) is 36.4 Å². The molecular weight excluding hydrogens is 224 g/mol. The van der Waals surface area contributed by atoms with Crippen molar-refractivity contribution >= 4 is 0 Å². The van der Waals surface area contributed by atoms with Gasteiger partial charge in [-0.2, -0.15) is 0 Å². The molecule has 0 radical (unpaired) electrons. The molecule has 0 aliphatic carbocycles. The lowest BCUT2D eigenvalue weighted by molar-refractivity contribution is 0.00500. The van der Waals surface area contributed by atoms with Gasteiger partial charge in [0.15, 0.2) is 6.79 Å². The summed E-state index contributed by atoms with van der Waals surface area (Å²) >= 11 is 0. The van der Waals surface area contributed by atoms with Crippen LogP contribution in [0.25, 0.3) is 0 Å². The molecule has 0 aliphatic heterocycles. The molecule has 0 heterocycles. The number of rotatable bonds is 5. The van der Waals surface area contributed by atoms with E-state index in [4.69, 9.17) is 9.47 Å². The molecule has 0 atom stereocenters. The van der Waals surface area contributed by atoms with E-state index in [-0.39, 0.29) is 6.79 Å². The zero-order valence-corrected chi connectivity index (χ0v) is 10.8. The van der Waals surface area contributed by atoms with E-state index in [0.29, 0.717) is 6.61 Å². The second-order valence-electron chi connectivity index (χ2n) is 4.42. The van der Waals surface area contributed by atoms with Gasteiger partial charge in [0.2, 0.25) is 0 Å². The molecule has 2 aromatic carbocycles. The highest BCUT2D eigenvalue weighted by Gasteiger charge is 1.97. The van der Waals surface area contributed by atoms with Crippen molar-refractivity contribution in [1.29, 1.82) is 0 Å². The first-order chi connectivity index (χ1) is 8.74. The lowest BCUT2D eigenvalue weighted by Crippen LogP contribution is -2.03. The molecule has 0 amide bonds. The normalized spacial score (nSPS) is 10.3. The van der Waals surface area contributed by atoms with Crippen LogP contribution in [0.3, 0.4) is 0 Å². The summed E-state index contributed by atoms with van der Waals surface area (Å²) in [5.41, 5.74) is 3.56. The molecule has 18 heavy (non-hydrogen) atoms.